The van der Waals surface area contributed by atoms with E-state index in [4.69, 9.17) is 10.7 Å². The number of fused-ring (bicyclic) bond motifs is 2. The fourth-order valence-electron chi connectivity index (χ4n) is 3.44. The van der Waals surface area contributed by atoms with Crippen LogP contribution in [0.5, 0.6) is 0 Å². The molecule has 1 aromatic rings. The summed E-state index contributed by atoms with van der Waals surface area (Å²) >= 11 is 0. The van der Waals surface area contributed by atoms with Crippen molar-refractivity contribution in [1.82, 2.24) is 15.1 Å². The van der Waals surface area contributed by atoms with Crippen molar-refractivity contribution in [3.63, 3.8) is 0 Å². The van der Waals surface area contributed by atoms with E-state index in [9.17, 15) is 13.2 Å². The molecule has 1 aliphatic heterocycles. The van der Waals surface area contributed by atoms with E-state index >= 15 is 0 Å². The Labute approximate surface area is 128 Å². The molecule has 1 saturated carbocycles. The summed E-state index contributed by atoms with van der Waals surface area (Å²) in [6.07, 6.45) is 3.14. The molecule has 2 bridgehead atoms. The van der Waals surface area contributed by atoms with Crippen LogP contribution in [0.15, 0.2) is 4.90 Å². The largest absolute Gasteiger partial charge is 0.334 e. The van der Waals surface area contributed by atoms with Gasteiger partial charge in [0, 0.05) is 23.3 Å². The molecule has 2 fully saturated rings. The highest BCUT2D eigenvalue weighted by atomic mass is 35.7. The standard InChI is InChI=1S/C13H18ClN3O3S/c1-7(2)10-12(21(14,19)20)11(16-15-10)13(18)17-6-8-3-4-9(17)5-8/h7-9H,3-6H2,1-2H3,(H,15,16). The predicted octanol–water partition coefficient (Wildman–Crippen LogP) is 2.09. The maximum atomic E-state index is 12.7. The molecule has 21 heavy (non-hydrogen) atoms. The lowest BCUT2D eigenvalue weighted by Gasteiger charge is -2.26. The summed E-state index contributed by atoms with van der Waals surface area (Å²) in [7, 11) is 1.50. The van der Waals surface area contributed by atoms with E-state index in [1.165, 1.54) is 0 Å². The zero-order valence-corrected chi connectivity index (χ0v) is 13.5. The maximum Gasteiger partial charge on any atom is 0.276 e. The summed E-state index contributed by atoms with van der Waals surface area (Å²) in [6, 6.07) is 0.215. The van der Waals surface area contributed by atoms with E-state index in [1.807, 2.05) is 13.8 Å². The van der Waals surface area contributed by atoms with E-state index in [0.717, 1.165) is 19.3 Å². The normalized spacial score (nSPS) is 25.0. The molecule has 1 saturated heterocycles. The molecule has 2 atom stereocenters. The summed E-state index contributed by atoms with van der Waals surface area (Å²) in [6.45, 7) is 4.34. The number of piperidine rings is 1. The van der Waals surface area contributed by atoms with Crippen LogP contribution in [0.25, 0.3) is 0 Å². The average Bonchev–Trinajstić information content (AvgIpc) is 3.10. The minimum Gasteiger partial charge on any atom is -0.334 e. The minimum absolute atomic E-state index is 0.0683. The number of nitrogens with zero attached hydrogens (tertiary/aromatic N) is 2. The molecule has 0 aromatic carbocycles. The highest BCUT2D eigenvalue weighted by Crippen LogP contribution is 2.39. The monoisotopic (exact) mass is 331 g/mol. The van der Waals surface area contributed by atoms with Crippen molar-refractivity contribution < 1.29 is 13.2 Å². The third-order valence-electron chi connectivity index (χ3n) is 4.44. The number of hydrogen-bond donors (Lipinski definition) is 1. The number of carbonyl (C=O) groups excluding carboxylic acids is 1. The van der Waals surface area contributed by atoms with Crippen LogP contribution in [0.1, 0.15) is 55.2 Å². The van der Waals surface area contributed by atoms with Crippen LogP contribution >= 0.6 is 10.7 Å². The number of nitrogens with one attached hydrogen (secondary N) is 1. The molecule has 116 valence electrons. The molecule has 3 rings (SSSR count). The Morgan fingerprint density at radius 2 is 2.14 bits per heavy atom. The number of rotatable bonds is 3. The molecule has 6 nitrogen and oxygen atoms in total. The summed E-state index contributed by atoms with van der Waals surface area (Å²) in [5.74, 6) is 0.0979. The van der Waals surface area contributed by atoms with Crippen LogP contribution in [0, 0.1) is 5.92 Å². The van der Waals surface area contributed by atoms with Crippen molar-refractivity contribution in [2.24, 2.45) is 5.92 Å². The van der Waals surface area contributed by atoms with Gasteiger partial charge in [0.15, 0.2) is 5.69 Å². The number of H-pyrrole nitrogens is 1. The quantitative estimate of drug-likeness (QED) is 0.860. The van der Waals surface area contributed by atoms with Crippen LogP contribution in [-0.4, -0.2) is 42.0 Å². The van der Waals surface area contributed by atoms with Gasteiger partial charge in [0.05, 0.1) is 5.69 Å². The van der Waals surface area contributed by atoms with E-state index in [2.05, 4.69) is 10.2 Å². The molecule has 2 heterocycles. The lowest BCUT2D eigenvalue weighted by molar-refractivity contribution is 0.0693. The van der Waals surface area contributed by atoms with Gasteiger partial charge in [0.25, 0.3) is 15.0 Å². The Hall–Kier alpha value is -1.08. The molecule has 0 radical (unpaired) electrons. The van der Waals surface area contributed by atoms with Crippen LogP contribution in [-0.2, 0) is 9.05 Å². The van der Waals surface area contributed by atoms with E-state index in [-0.39, 0.29) is 28.5 Å². The Balaban J connectivity index is 2.01. The van der Waals surface area contributed by atoms with E-state index in [0.29, 0.717) is 18.2 Å². The average molecular weight is 332 g/mol. The van der Waals surface area contributed by atoms with Gasteiger partial charge in [-0.05, 0) is 31.1 Å². The second-order valence-corrected chi connectivity index (χ2v) is 8.70. The lowest BCUT2D eigenvalue weighted by Crippen LogP contribution is -2.38. The number of carbonyl (C=O) groups is 1. The van der Waals surface area contributed by atoms with Gasteiger partial charge in [0.1, 0.15) is 4.90 Å². The van der Waals surface area contributed by atoms with Gasteiger partial charge < -0.3 is 4.90 Å². The summed E-state index contributed by atoms with van der Waals surface area (Å²) in [5.41, 5.74) is 0.318. The first-order valence-corrected chi connectivity index (χ1v) is 9.44. The van der Waals surface area contributed by atoms with Crippen molar-refractivity contribution >= 4 is 25.6 Å². The van der Waals surface area contributed by atoms with E-state index in [1.54, 1.807) is 4.90 Å². The first-order valence-electron chi connectivity index (χ1n) is 7.13. The van der Waals surface area contributed by atoms with Crippen LogP contribution in [0.2, 0.25) is 0 Å². The van der Waals surface area contributed by atoms with Crippen LogP contribution in [0.3, 0.4) is 0 Å². The number of hydrogen-bond acceptors (Lipinski definition) is 4. The SMILES string of the molecule is CC(C)c1[nH]nc(C(=O)N2CC3CCC2C3)c1S(=O)(=O)Cl. The van der Waals surface area contributed by atoms with Crippen molar-refractivity contribution in [3.05, 3.63) is 11.4 Å². The van der Waals surface area contributed by atoms with Gasteiger partial charge in [-0.1, -0.05) is 13.8 Å². The predicted molar refractivity (Wildman–Crippen MR) is 77.9 cm³/mol. The Morgan fingerprint density at radius 3 is 2.62 bits per heavy atom. The molecular formula is C13H18ClN3O3S. The lowest BCUT2D eigenvalue weighted by atomic mass is 10.1. The van der Waals surface area contributed by atoms with Gasteiger partial charge >= 0.3 is 0 Å². The van der Waals surface area contributed by atoms with Crippen LogP contribution in [0.4, 0.5) is 0 Å². The number of amides is 1. The molecule has 1 aliphatic carbocycles. The number of aromatic amines is 1. The minimum atomic E-state index is -4.02. The fraction of sp³-hybridized carbons (Fsp3) is 0.692. The first-order chi connectivity index (χ1) is 9.79. The van der Waals surface area contributed by atoms with Crippen molar-refractivity contribution in [2.75, 3.05) is 6.54 Å². The molecule has 8 heteroatoms. The molecule has 0 spiro atoms. The van der Waals surface area contributed by atoms with Crippen molar-refractivity contribution in [3.8, 4) is 0 Å². The van der Waals surface area contributed by atoms with Crippen LogP contribution < -0.4 is 0 Å². The molecule has 1 N–H and O–H groups in total. The number of likely N-dealkylation sites (tertiary alicyclic amines) is 1. The number of aromatic nitrogens is 2. The fourth-order valence-corrected chi connectivity index (χ4v) is 4.81. The molecular weight excluding hydrogens is 314 g/mol. The van der Waals surface area contributed by atoms with Crippen molar-refractivity contribution in [1.29, 1.82) is 0 Å². The zero-order valence-electron chi connectivity index (χ0n) is 12.0. The van der Waals surface area contributed by atoms with E-state index < -0.39 is 9.05 Å². The topological polar surface area (TPSA) is 83.1 Å². The molecule has 1 amide bonds. The van der Waals surface area contributed by atoms with Gasteiger partial charge in [-0.15, -0.1) is 0 Å². The smallest absolute Gasteiger partial charge is 0.276 e. The second kappa shape index (κ2) is 4.98. The van der Waals surface area contributed by atoms with Gasteiger partial charge in [0.2, 0.25) is 0 Å². The van der Waals surface area contributed by atoms with Gasteiger partial charge in [-0.2, -0.15) is 5.10 Å². The highest BCUT2D eigenvalue weighted by Gasteiger charge is 2.43. The molecule has 2 unspecified atom stereocenters. The first kappa shape index (κ1) is 14.8. The maximum absolute atomic E-state index is 12.7. The Kier molecular flexibility index (Phi) is 3.52. The number of halogens is 1. The summed E-state index contributed by atoms with van der Waals surface area (Å²) in [5, 5.41) is 6.62. The Bertz CT molecular complexity index is 683. The van der Waals surface area contributed by atoms with Crippen molar-refractivity contribution in [2.45, 2.75) is 50.0 Å². The third kappa shape index (κ3) is 2.46. The van der Waals surface area contributed by atoms with Gasteiger partial charge in [-0.3, -0.25) is 9.89 Å². The summed E-state index contributed by atoms with van der Waals surface area (Å²) < 4.78 is 23.7. The Morgan fingerprint density at radius 1 is 1.43 bits per heavy atom. The third-order valence-corrected chi connectivity index (χ3v) is 5.81. The highest BCUT2D eigenvalue weighted by molar-refractivity contribution is 8.13. The summed E-state index contributed by atoms with van der Waals surface area (Å²) in [4.78, 5) is 14.3. The second-order valence-electron chi connectivity index (χ2n) is 6.20. The molecule has 2 aliphatic rings. The van der Waals surface area contributed by atoms with Gasteiger partial charge in [-0.25, -0.2) is 8.42 Å². The zero-order chi connectivity index (χ0) is 15.4. The molecule has 1 aromatic heterocycles.